The average Bonchev–Trinajstić information content (AvgIpc) is 2.39. The van der Waals surface area contributed by atoms with Gasteiger partial charge in [-0.2, -0.15) is 12.7 Å². The van der Waals surface area contributed by atoms with Crippen molar-refractivity contribution < 1.29 is 8.42 Å². The highest BCUT2D eigenvalue weighted by Gasteiger charge is 2.24. The molecule has 2 heterocycles. The summed E-state index contributed by atoms with van der Waals surface area (Å²) in [4.78, 5) is 0. The number of nitrogens with one attached hydrogen (secondary N) is 2. The van der Waals surface area contributed by atoms with E-state index in [2.05, 4.69) is 10.0 Å². The third-order valence-electron chi connectivity index (χ3n) is 3.67. The summed E-state index contributed by atoms with van der Waals surface area (Å²) in [6.07, 6.45) is 5.29. The van der Waals surface area contributed by atoms with Crippen LogP contribution in [0, 0.1) is 5.92 Å². The molecule has 100 valence electrons. The van der Waals surface area contributed by atoms with Gasteiger partial charge in [-0.05, 0) is 44.7 Å². The summed E-state index contributed by atoms with van der Waals surface area (Å²) >= 11 is 0. The van der Waals surface area contributed by atoms with E-state index >= 15 is 0 Å². The van der Waals surface area contributed by atoms with Gasteiger partial charge in [0.15, 0.2) is 0 Å². The molecule has 0 aromatic carbocycles. The van der Waals surface area contributed by atoms with Gasteiger partial charge in [-0.1, -0.05) is 6.42 Å². The van der Waals surface area contributed by atoms with Crippen LogP contribution in [0.4, 0.5) is 0 Å². The Morgan fingerprint density at radius 2 is 1.76 bits per heavy atom. The van der Waals surface area contributed by atoms with Gasteiger partial charge in [0.25, 0.3) is 10.2 Å². The van der Waals surface area contributed by atoms with Gasteiger partial charge in [-0.3, -0.25) is 0 Å². The molecule has 0 bridgehead atoms. The summed E-state index contributed by atoms with van der Waals surface area (Å²) in [7, 11) is -3.22. The van der Waals surface area contributed by atoms with E-state index in [1.165, 1.54) is 0 Å². The van der Waals surface area contributed by atoms with Crippen LogP contribution in [0.5, 0.6) is 0 Å². The van der Waals surface area contributed by atoms with E-state index < -0.39 is 10.2 Å². The third kappa shape index (κ3) is 3.91. The van der Waals surface area contributed by atoms with Crippen molar-refractivity contribution in [3.63, 3.8) is 0 Å². The molecular formula is C11H23N3O2S. The Morgan fingerprint density at radius 1 is 1.12 bits per heavy atom. The lowest BCUT2D eigenvalue weighted by Crippen LogP contribution is -2.45. The van der Waals surface area contributed by atoms with Crippen LogP contribution in [0.2, 0.25) is 0 Å². The smallest absolute Gasteiger partial charge is 0.279 e. The SMILES string of the molecule is O=S(=O)(NCC1CCNCC1)N1CCCCC1. The summed E-state index contributed by atoms with van der Waals surface area (Å²) in [5, 5.41) is 3.29. The Bertz CT molecular complexity index is 320. The molecule has 0 atom stereocenters. The summed E-state index contributed by atoms with van der Waals surface area (Å²) in [6, 6.07) is 0. The van der Waals surface area contributed by atoms with Gasteiger partial charge in [0.1, 0.15) is 0 Å². The van der Waals surface area contributed by atoms with Gasteiger partial charge in [0, 0.05) is 19.6 Å². The summed E-state index contributed by atoms with van der Waals surface area (Å²) < 4.78 is 28.4. The second-order valence-corrected chi connectivity index (χ2v) is 6.76. The fraction of sp³-hybridized carbons (Fsp3) is 1.00. The van der Waals surface area contributed by atoms with Crippen LogP contribution in [-0.2, 0) is 10.2 Å². The zero-order valence-electron chi connectivity index (χ0n) is 10.3. The topological polar surface area (TPSA) is 61.4 Å². The fourth-order valence-electron chi connectivity index (χ4n) is 2.51. The Morgan fingerprint density at radius 3 is 2.41 bits per heavy atom. The minimum Gasteiger partial charge on any atom is -0.317 e. The maximum Gasteiger partial charge on any atom is 0.279 e. The predicted octanol–water partition coefficient (Wildman–Crippen LogP) is 0.306. The number of piperidine rings is 2. The number of hydrogen-bond donors (Lipinski definition) is 2. The van der Waals surface area contributed by atoms with Gasteiger partial charge < -0.3 is 5.32 Å². The molecule has 2 N–H and O–H groups in total. The molecule has 17 heavy (non-hydrogen) atoms. The first-order valence-electron chi connectivity index (χ1n) is 6.64. The van der Waals surface area contributed by atoms with E-state index in [1.807, 2.05) is 0 Å². The number of hydrogen-bond acceptors (Lipinski definition) is 3. The van der Waals surface area contributed by atoms with Crippen molar-refractivity contribution in [2.24, 2.45) is 5.92 Å². The molecule has 6 heteroatoms. The monoisotopic (exact) mass is 261 g/mol. The van der Waals surface area contributed by atoms with Gasteiger partial charge in [0.2, 0.25) is 0 Å². The molecule has 0 saturated carbocycles. The molecule has 5 nitrogen and oxygen atoms in total. The van der Waals surface area contributed by atoms with Crippen molar-refractivity contribution >= 4 is 10.2 Å². The highest BCUT2D eigenvalue weighted by molar-refractivity contribution is 7.87. The molecular weight excluding hydrogens is 238 g/mol. The quantitative estimate of drug-likeness (QED) is 0.765. The van der Waals surface area contributed by atoms with Crippen molar-refractivity contribution in [2.75, 3.05) is 32.7 Å². The second kappa shape index (κ2) is 6.13. The van der Waals surface area contributed by atoms with Crippen LogP contribution in [0.1, 0.15) is 32.1 Å². The maximum absolute atomic E-state index is 12.0. The molecule has 0 radical (unpaired) electrons. The van der Waals surface area contributed by atoms with Crippen LogP contribution < -0.4 is 10.0 Å². The lowest BCUT2D eigenvalue weighted by Gasteiger charge is -2.28. The van der Waals surface area contributed by atoms with Gasteiger partial charge in [-0.15, -0.1) is 0 Å². The maximum atomic E-state index is 12.0. The second-order valence-electron chi connectivity index (χ2n) is 5.01. The van der Waals surface area contributed by atoms with Crippen molar-refractivity contribution in [2.45, 2.75) is 32.1 Å². The average molecular weight is 261 g/mol. The largest absolute Gasteiger partial charge is 0.317 e. The zero-order chi connectivity index (χ0) is 12.1. The molecule has 0 spiro atoms. The molecule has 2 saturated heterocycles. The van der Waals surface area contributed by atoms with Gasteiger partial charge >= 0.3 is 0 Å². The van der Waals surface area contributed by atoms with E-state index in [9.17, 15) is 8.42 Å². The predicted molar refractivity (Wildman–Crippen MR) is 67.9 cm³/mol. The highest BCUT2D eigenvalue weighted by Crippen LogP contribution is 2.14. The van der Waals surface area contributed by atoms with Crippen molar-refractivity contribution in [1.29, 1.82) is 0 Å². The molecule has 0 aromatic heterocycles. The van der Waals surface area contributed by atoms with E-state index in [0.717, 1.165) is 45.2 Å². The molecule has 0 aliphatic carbocycles. The van der Waals surface area contributed by atoms with Crippen molar-refractivity contribution in [3.8, 4) is 0 Å². The lowest BCUT2D eigenvalue weighted by atomic mass is 9.99. The first-order valence-corrected chi connectivity index (χ1v) is 8.08. The lowest BCUT2D eigenvalue weighted by molar-refractivity contribution is 0.331. The van der Waals surface area contributed by atoms with Crippen molar-refractivity contribution in [1.82, 2.24) is 14.3 Å². The summed E-state index contributed by atoms with van der Waals surface area (Å²) in [5.74, 6) is 0.496. The Kier molecular flexibility index (Phi) is 4.78. The van der Waals surface area contributed by atoms with E-state index in [0.29, 0.717) is 25.6 Å². The van der Waals surface area contributed by atoms with Crippen LogP contribution in [-0.4, -0.2) is 45.4 Å². The normalized spacial score (nSPS) is 24.9. The first kappa shape index (κ1) is 13.3. The van der Waals surface area contributed by atoms with Gasteiger partial charge in [-0.25, -0.2) is 4.72 Å². The molecule has 0 amide bonds. The molecule has 2 aliphatic rings. The van der Waals surface area contributed by atoms with Crippen LogP contribution >= 0.6 is 0 Å². The molecule has 2 aliphatic heterocycles. The minimum atomic E-state index is -3.22. The standard InChI is InChI=1S/C11H23N3O2S/c15-17(16,14-8-2-1-3-9-14)13-10-11-4-6-12-7-5-11/h11-13H,1-10H2. The van der Waals surface area contributed by atoms with E-state index in [1.54, 1.807) is 4.31 Å². The van der Waals surface area contributed by atoms with Crippen molar-refractivity contribution in [3.05, 3.63) is 0 Å². The highest BCUT2D eigenvalue weighted by atomic mass is 32.2. The summed E-state index contributed by atoms with van der Waals surface area (Å²) in [5.41, 5.74) is 0. The Labute approximate surface area is 104 Å². The minimum absolute atomic E-state index is 0.496. The fourth-order valence-corrected chi connectivity index (χ4v) is 3.87. The first-order chi connectivity index (χ1) is 8.18. The molecule has 0 unspecified atom stereocenters. The Hall–Kier alpha value is -0.170. The van der Waals surface area contributed by atoms with E-state index in [4.69, 9.17) is 0 Å². The molecule has 2 rings (SSSR count). The van der Waals surface area contributed by atoms with E-state index in [-0.39, 0.29) is 0 Å². The van der Waals surface area contributed by atoms with Gasteiger partial charge in [0.05, 0.1) is 0 Å². The zero-order valence-corrected chi connectivity index (χ0v) is 11.1. The van der Waals surface area contributed by atoms with Crippen LogP contribution in [0.3, 0.4) is 0 Å². The van der Waals surface area contributed by atoms with Crippen LogP contribution in [0.15, 0.2) is 0 Å². The Balaban J connectivity index is 1.79. The molecule has 2 fully saturated rings. The van der Waals surface area contributed by atoms with Crippen LogP contribution in [0.25, 0.3) is 0 Å². The number of nitrogens with zero attached hydrogens (tertiary/aromatic N) is 1. The molecule has 0 aromatic rings. The number of rotatable bonds is 4. The summed E-state index contributed by atoms with van der Waals surface area (Å²) in [6.45, 7) is 3.98. The third-order valence-corrected chi connectivity index (χ3v) is 5.24.